The molecule has 1 N–H and O–H groups in total. The summed E-state index contributed by atoms with van der Waals surface area (Å²) < 4.78 is 1.82. The first-order valence-electron chi connectivity index (χ1n) is 8.46. The quantitative estimate of drug-likeness (QED) is 0.569. The number of hydrogen-bond donors (Lipinski definition) is 1. The van der Waals surface area contributed by atoms with Crippen molar-refractivity contribution in [1.82, 2.24) is 19.7 Å². The maximum absolute atomic E-state index is 5.99. The minimum Gasteiger partial charge on any atom is -0.369 e. The summed E-state index contributed by atoms with van der Waals surface area (Å²) in [5.41, 5.74) is 3.88. The topological polar surface area (TPSA) is 55.6 Å². The lowest BCUT2D eigenvalue weighted by Crippen LogP contribution is -2.07. The summed E-state index contributed by atoms with van der Waals surface area (Å²) in [6, 6.07) is 17.9. The molecule has 0 unspecified atom stereocenters. The summed E-state index contributed by atoms with van der Waals surface area (Å²) in [6.07, 6.45) is 2.50. The number of aromatic nitrogens is 4. The Hall–Kier alpha value is -2.92. The molecule has 2 aromatic heterocycles. The lowest BCUT2D eigenvalue weighted by atomic mass is 10.1. The molecule has 26 heavy (non-hydrogen) atoms. The number of nitrogens with one attached hydrogen (secondary N) is 1. The van der Waals surface area contributed by atoms with E-state index in [2.05, 4.69) is 44.6 Å². The Labute approximate surface area is 156 Å². The zero-order valence-electron chi connectivity index (χ0n) is 14.4. The van der Waals surface area contributed by atoms with E-state index >= 15 is 0 Å². The first-order valence-corrected chi connectivity index (χ1v) is 8.84. The van der Waals surface area contributed by atoms with E-state index < -0.39 is 0 Å². The number of aryl methyl sites for hydroxylation is 1. The molecule has 0 aliphatic carbocycles. The van der Waals surface area contributed by atoms with Gasteiger partial charge >= 0.3 is 0 Å². The summed E-state index contributed by atoms with van der Waals surface area (Å²) in [4.78, 5) is 8.87. The number of rotatable bonds is 5. The lowest BCUT2D eigenvalue weighted by Gasteiger charge is -2.07. The van der Waals surface area contributed by atoms with Gasteiger partial charge in [0.25, 0.3) is 0 Å². The lowest BCUT2D eigenvalue weighted by molar-refractivity contribution is 0.876. The van der Waals surface area contributed by atoms with E-state index in [1.54, 1.807) is 6.33 Å². The smallest absolute Gasteiger partial charge is 0.168 e. The summed E-state index contributed by atoms with van der Waals surface area (Å²) in [6.45, 7) is 2.77. The monoisotopic (exact) mass is 363 g/mol. The van der Waals surface area contributed by atoms with Crippen molar-refractivity contribution in [1.29, 1.82) is 0 Å². The van der Waals surface area contributed by atoms with Crippen LogP contribution in [-0.2, 0) is 6.42 Å². The summed E-state index contributed by atoms with van der Waals surface area (Å²) in [5, 5.41) is 9.71. The van der Waals surface area contributed by atoms with E-state index in [1.807, 2.05) is 41.9 Å². The van der Waals surface area contributed by atoms with Crippen molar-refractivity contribution >= 4 is 28.5 Å². The molecular formula is C20H18ClN5. The third kappa shape index (κ3) is 3.26. The maximum Gasteiger partial charge on any atom is 0.168 e. The Morgan fingerprint density at radius 2 is 1.77 bits per heavy atom. The van der Waals surface area contributed by atoms with E-state index in [1.165, 1.54) is 5.56 Å². The van der Waals surface area contributed by atoms with E-state index in [9.17, 15) is 0 Å². The zero-order chi connectivity index (χ0) is 17.9. The van der Waals surface area contributed by atoms with Crippen molar-refractivity contribution in [3.8, 4) is 5.69 Å². The molecule has 4 aromatic rings. The molecule has 130 valence electrons. The van der Waals surface area contributed by atoms with Crippen LogP contribution in [0.3, 0.4) is 0 Å². The van der Waals surface area contributed by atoms with Crippen LogP contribution in [0, 0.1) is 6.92 Å². The molecule has 2 aromatic carbocycles. The van der Waals surface area contributed by atoms with Gasteiger partial charge in [0.15, 0.2) is 5.65 Å². The van der Waals surface area contributed by atoms with E-state index in [0.29, 0.717) is 5.02 Å². The number of nitrogens with zero attached hydrogens (tertiary/aromatic N) is 4. The Bertz CT molecular complexity index is 1030. The number of anilines is 1. The van der Waals surface area contributed by atoms with Gasteiger partial charge in [-0.2, -0.15) is 5.10 Å². The van der Waals surface area contributed by atoms with Crippen molar-refractivity contribution in [3.05, 3.63) is 77.2 Å². The molecule has 0 saturated carbocycles. The number of fused-ring (bicyclic) bond motifs is 1. The summed E-state index contributed by atoms with van der Waals surface area (Å²) >= 11 is 5.99. The first-order chi connectivity index (χ1) is 12.7. The fourth-order valence-electron chi connectivity index (χ4n) is 2.98. The van der Waals surface area contributed by atoms with Crippen LogP contribution in [0.1, 0.15) is 11.3 Å². The van der Waals surface area contributed by atoms with Crippen LogP contribution < -0.4 is 5.32 Å². The average molecular weight is 364 g/mol. The highest BCUT2D eigenvalue weighted by Gasteiger charge is 2.15. The first kappa shape index (κ1) is 16.5. The molecular weight excluding hydrogens is 346 g/mol. The van der Waals surface area contributed by atoms with Gasteiger partial charge in [-0.25, -0.2) is 14.6 Å². The van der Waals surface area contributed by atoms with Crippen LogP contribution >= 0.6 is 11.6 Å². The molecule has 0 aliphatic heterocycles. The molecule has 4 rings (SSSR count). The molecule has 5 nitrogen and oxygen atoms in total. The third-order valence-electron chi connectivity index (χ3n) is 4.26. The SMILES string of the molecule is Cc1nn(-c2ccc(Cl)cc2)c2ncnc(NCCc3ccccc3)c12. The van der Waals surface area contributed by atoms with Gasteiger partial charge in [0, 0.05) is 11.6 Å². The second kappa shape index (κ2) is 7.14. The molecule has 0 bridgehead atoms. The highest BCUT2D eigenvalue weighted by Crippen LogP contribution is 2.25. The van der Waals surface area contributed by atoms with Crippen LogP contribution in [0.2, 0.25) is 5.02 Å². The summed E-state index contributed by atoms with van der Waals surface area (Å²) in [7, 11) is 0. The molecule has 0 spiro atoms. The van der Waals surface area contributed by atoms with E-state index in [4.69, 9.17) is 11.6 Å². The van der Waals surface area contributed by atoms with E-state index in [-0.39, 0.29) is 0 Å². The van der Waals surface area contributed by atoms with Gasteiger partial charge in [0.2, 0.25) is 0 Å². The van der Waals surface area contributed by atoms with E-state index in [0.717, 1.165) is 41.2 Å². The average Bonchev–Trinajstić information content (AvgIpc) is 3.01. The fraction of sp³-hybridized carbons (Fsp3) is 0.150. The minimum absolute atomic E-state index is 0.694. The molecule has 0 fully saturated rings. The Morgan fingerprint density at radius 3 is 2.54 bits per heavy atom. The summed E-state index contributed by atoms with van der Waals surface area (Å²) in [5.74, 6) is 0.809. The Balaban J connectivity index is 1.63. The number of halogens is 1. The highest BCUT2D eigenvalue weighted by molar-refractivity contribution is 6.30. The minimum atomic E-state index is 0.694. The van der Waals surface area contributed by atoms with Gasteiger partial charge in [-0.15, -0.1) is 0 Å². The molecule has 0 aliphatic rings. The third-order valence-corrected chi connectivity index (χ3v) is 4.51. The van der Waals surface area contributed by atoms with Crippen molar-refractivity contribution < 1.29 is 0 Å². The van der Waals surface area contributed by atoms with Crippen LogP contribution in [-0.4, -0.2) is 26.3 Å². The van der Waals surface area contributed by atoms with Crippen molar-refractivity contribution in [2.24, 2.45) is 0 Å². The predicted octanol–water partition coefficient (Wildman–Crippen LogP) is 4.43. The second-order valence-corrected chi connectivity index (χ2v) is 6.49. The zero-order valence-corrected chi connectivity index (χ0v) is 15.1. The van der Waals surface area contributed by atoms with Crippen LogP contribution in [0.5, 0.6) is 0 Å². The molecule has 6 heteroatoms. The molecule has 0 atom stereocenters. The molecule has 0 radical (unpaired) electrons. The highest BCUT2D eigenvalue weighted by atomic mass is 35.5. The van der Waals surface area contributed by atoms with Crippen molar-refractivity contribution in [2.45, 2.75) is 13.3 Å². The van der Waals surface area contributed by atoms with Gasteiger partial charge in [0.1, 0.15) is 12.1 Å². The fourth-order valence-corrected chi connectivity index (χ4v) is 3.11. The Morgan fingerprint density at radius 1 is 1.00 bits per heavy atom. The van der Waals surface area contributed by atoms with Gasteiger partial charge in [-0.05, 0) is 43.2 Å². The van der Waals surface area contributed by atoms with Gasteiger partial charge in [-0.3, -0.25) is 0 Å². The van der Waals surface area contributed by atoms with Crippen LogP contribution in [0.25, 0.3) is 16.7 Å². The van der Waals surface area contributed by atoms with Gasteiger partial charge < -0.3 is 5.32 Å². The standard InChI is InChI=1S/C20H18ClN5/c1-14-18-19(22-12-11-15-5-3-2-4-6-15)23-13-24-20(18)26(25-14)17-9-7-16(21)8-10-17/h2-10,13H,11-12H2,1H3,(H,22,23,24). The van der Waals surface area contributed by atoms with Crippen molar-refractivity contribution in [3.63, 3.8) is 0 Å². The van der Waals surface area contributed by atoms with Gasteiger partial charge in [-0.1, -0.05) is 41.9 Å². The van der Waals surface area contributed by atoms with Crippen LogP contribution in [0.15, 0.2) is 60.9 Å². The Kier molecular flexibility index (Phi) is 4.54. The number of benzene rings is 2. The van der Waals surface area contributed by atoms with Crippen molar-refractivity contribution in [2.75, 3.05) is 11.9 Å². The molecule has 2 heterocycles. The second-order valence-electron chi connectivity index (χ2n) is 6.06. The van der Waals surface area contributed by atoms with Crippen LogP contribution in [0.4, 0.5) is 5.82 Å². The number of hydrogen-bond acceptors (Lipinski definition) is 4. The predicted molar refractivity (Wildman–Crippen MR) is 105 cm³/mol. The normalized spacial score (nSPS) is 11.0. The maximum atomic E-state index is 5.99. The largest absolute Gasteiger partial charge is 0.369 e. The molecule has 0 saturated heterocycles. The molecule has 0 amide bonds. The van der Waals surface area contributed by atoms with Gasteiger partial charge in [0.05, 0.1) is 16.8 Å².